The Morgan fingerprint density at radius 1 is 1.50 bits per heavy atom. The second kappa shape index (κ2) is 6.70. The van der Waals surface area contributed by atoms with Crippen molar-refractivity contribution in [2.75, 3.05) is 37.2 Å². The Hall–Kier alpha value is -0.810. The quantitative estimate of drug-likeness (QED) is 0.643. The van der Waals surface area contributed by atoms with Crippen LogP contribution in [-0.4, -0.2) is 26.8 Å². The third-order valence-corrected chi connectivity index (χ3v) is 2.55. The van der Waals surface area contributed by atoms with Gasteiger partial charge in [-0.2, -0.15) is 0 Å². The standard InChI is InChI=1S/C11H16BrFN2O/c1-3-16-7-6-14-10-8-9(12)4-5-11(10)15(2)13/h4-5,8,14H,3,6-7H2,1-2H3. The van der Waals surface area contributed by atoms with Gasteiger partial charge in [0.1, 0.15) is 0 Å². The summed E-state index contributed by atoms with van der Waals surface area (Å²) in [5.41, 5.74) is 1.26. The van der Waals surface area contributed by atoms with E-state index in [9.17, 15) is 4.48 Å². The fourth-order valence-electron chi connectivity index (χ4n) is 1.32. The van der Waals surface area contributed by atoms with Crippen LogP contribution in [0.15, 0.2) is 22.7 Å². The first-order valence-corrected chi connectivity index (χ1v) is 5.95. The Morgan fingerprint density at radius 3 is 2.88 bits per heavy atom. The lowest BCUT2D eigenvalue weighted by Gasteiger charge is -2.15. The molecule has 0 aliphatic carbocycles. The molecule has 0 amide bonds. The fraction of sp³-hybridized carbons (Fsp3) is 0.455. The monoisotopic (exact) mass is 290 g/mol. The summed E-state index contributed by atoms with van der Waals surface area (Å²) in [4.78, 5) is 0. The van der Waals surface area contributed by atoms with Crippen LogP contribution in [0.1, 0.15) is 6.92 Å². The van der Waals surface area contributed by atoms with Gasteiger partial charge in [-0.15, -0.1) is 4.48 Å². The van der Waals surface area contributed by atoms with Crippen LogP contribution in [0.4, 0.5) is 15.9 Å². The Labute approximate surface area is 104 Å². The molecule has 0 aliphatic rings. The Bertz CT molecular complexity index is 334. The molecule has 0 saturated heterocycles. The van der Waals surface area contributed by atoms with E-state index in [0.717, 1.165) is 10.2 Å². The van der Waals surface area contributed by atoms with Crippen molar-refractivity contribution in [3.05, 3.63) is 22.7 Å². The van der Waals surface area contributed by atoms with E-state index in [1.54, 1.807) is 12.1 Å². The molecule has 1 rings (SSSR count). The molecule has 1 N–H and O–H groups in total. The van der Waals surface area contributed by atoms with Crippen molar-refractivity contribution in [3.8, 4) is 0 Å². The normalized spacial score (nSPS) is 10.2. The molecule has 0 bridgehead atoms. The van der Waals surface area contributed by atoms with E-state index in [1.165, 1.54) is 7.05 Å². The molecule has 0 aliphatic heterocycles. The van der Waals surface area contributed by atoms with Crippen LogP contribution in [0.2, 0.25) is 0 Å². The Balaban J connectivity index is 2.65. The highest BCUT2D eigenvalue weighted by atomic mass is 79.9. The molecule has 1 aromatic carbocycles. The maximum Gasteiger partial charge on any atom is 0.0916 e. The number of benzene rings is 1. The van der Waals surface area contributed by atoms with Gasteiger partial charge in [0.25, 0.3) is 0 Å². The summed E-state index contributed by atoms with van der Waals surface area (Å²) < 4.78 is 19.3. The van der Waals surface area contributed by atoms with Gasteiger partial charge in [-0.25, -0.2) is 5.12 Å². The van der Waals surface area contributed by atoms with E-state index in [1.807, 2.05) is 13.0 Å². The van der Waals surface area contributed by atoms with Crippen LogP contribution in [0.5, 0.6) is 0 Å². The van der Waals surface area contributed by atoms with Crippen LogP contribution in [0.25, 0.3) is 0 Å². The molecule has 0 atom stereocenters. The lowest BCUT2D eigenvalue weighted by atomic mass is 10.2. The number of rotatable bonds is 6. The second-order valence-corrected chi connectivity index (χ2v) is 4.18. The summed E-state index contributed by atoms with van der Waals surface area (Å²) in [6.07, 6.45) is 0. The summed E-state index contributed by atoms with van der Waals surface area (Å²) in [6.45, 7) is 3.90. The molecule has 0 heterocycles. The number of hydrogen-bond acceptors (Lipinski definition) is 3. The van der Waals surface area contributed by atoms with Crippen LogP contribution in [0, 0.1) is 0 Å². The molecule has 0 fully saturated rings. The molecule has 0 aromatic heterocycles. The molecule has 0 unspecified atom stereocenters. The molecule has 0 saturated carbocycles. The minimum absolute atomic E-state index is 0.514. The minimum atomic E-state index is 0.514. The van der Waals surface area contributed by atoms with E-state index >= 15 is 0 Å². The maximum atomic E-state index is 13.1. The highest BCUT2D eigenvalue weighted by Crippen LogP contribution is 2.28. The predicted octanol–water partition coefficient (Wildman–Crippen LogP) is 3.22. The largest absolute Gasteiger partial charge is 0.381 e. The molecular weight excluding hydrogens is 275 g/mol. The van der Waals surface area contributed by atoms with E-state index in [4.69, 9.17) is 4.74 Å². The zero-order chi connectivity index (χ0) is 12.0. The van der Waals surface area contributed by atoms with Crippen LogP contribution in [0.3, 0.4) is 0 Å². The van der Waals surface area contributed by atoms with Gasteiger partial charge < -0.3 is 10.1 Å². The average Bonchev–Trinajstić information content (AvgIpc) is 2.24. The van der Waals surface area contributed by atoms with Gasteiger partial charge in [0.15, 0.2) is 0 Å². The second-order valence-electron chi connectivity index (χ2n) is 3.26. The minimum Gasteiger partial charge on any atom is -0.381 e. The summed E-state index contributed by atoms with van der Waals surface area (Å²) in [5.74, 6) is 0. The third kappa shape index (κ3) is 3.98. The topological polar surface area (TPSA) is 24.5 Å². The van der Waals surface area contributed by atoms with Gasteiger partial charge >= 0.3 is 0 Å². The summed E-state index contributed by atoms with van der Waals surface area (Å²) >= 11 is 3.36. The number of anilines is 2. The van der Waals surface area contributed by atoms with Gasteiger partial charge in [-0.05, 0) is 25.1 Å². The van der Waals surface area contributed by atoms with Crippen LogP contribution in [-0.2, 0) is 4.74 Å². The SMILES string of the molecule is CCOCCNc1cc(Br)ccc1N(C)F. The van der Waals surface area contributed by atoms with E-state index in [2.05, 4.69) is 21.2 Å². The zero-order valence-electron chi connectivity index (χ0n) is 9.46. The molecule has 16 heavy (non-hydrogen) atoms. The van der Waals surface area contributed by atoms with E-state index < -0.39 is 0 Å². The van der Waals surface area contributed by atoms with E-state index in [0.29, 0.717) is 30.6 Å². The Kier molecular flexibility index (Phi) is 5.55. The van der Waals surface area contributed by atoms with Gasteiger partial charge in [0, 0.05) is 24.7 Å². The van der Waals surface area contributed by atoms with Crippen molar-refractivity contribution in [2.24, 2.45) is 0 Å². The van der Waals surface area contributed by atoms with Crippen LogP contribution < -0.4 is 10.4 Å². The molecular formula is C11H16BrFN2O. The third-order valence-electron chi connectivity index (χ3n) is 2.06. The highest BCUT2D eigenvalue weighted by Gasteiger charge is 2.06. The fourth-order valence-corrected chi connectivity index (χ4v) is 1.68. The lowest BCUT2D eigenvalue weighted by molar-refractivity contribution is 0.158. The van der Waals surface area contributed by atoms with Crippen molar-refractivity contribution in [2.45, 2.75) is 6.92 Å². The summed E-state index contributed by atoms with van der Waals surface area (Å²) in [6, 6.07) is 5.36. The number of halogens is 2. The molecule has 0 spiro atoms. The van der Waals surface area contributed by atoms with Crippen molar-refractivity contribution < 1.29 is 9.22 Å². The van der Waals surface area contributed by atoms with E-state index in [-0.39, 0.29) is 0 Å². The number of hydrogen-bond donors (Lipinski definition) is 1. The molecule has 1 aromatic rings. The van der Waals surface area contributed by atoms with Crippen molar-refractivity contribution in [1.29, 1.82) is 0 Å². The van der Waals surface area contributed by atoms with Gasteiger partial charge in [0.05, 0.1) is 18.0 Å². The number of ether oxygens (including phenoxy) is 1. The number of nitrogens with one attached hydrogen (secondary N) is 1. The Morgan fingerprint density at radius 2 is 2.25 bits per heavy atom. The van der Waals surface area contributed by atoms with Gasteiger partial charge in [-0.1, -0.05) is 15.9 Å². The lowest BCUT2D eigenvalue weighted by Crippen LogP contribution is -2.12. The predicted molar refractivity (Wildman–Crippen MR) is 68.6 cm³/mol. The highest BCUT2D eigenvalue weighted by molar-refractivity contribution is 9.10. The molecule has 3 nitrogen and oxygen atoms in total. The van der Waals surface area contributed by atoms with Gasteiger partial charge in [-0.3, -0.25) is 0 Å². The zero-order valence-corrected chi connectivity index (χ0v) is 11.1. The first kappa shape index (κ1) is 13.3. The van der Waals surface area contributed by atoms with Crippen molar-refractivity contribution in [3.63, 3.8) is 0 Å². The van der Waals surface area contributed by atoms with Crippen LogP contribution >= 0.6 is 15.9 Å². The smallest absolute Gasteiger partial charge is 0.0916 e. The van der Waals surface area contributed by atoms with Gasteiger partial charge in [0.2, 0.25) is 0 Å². The summed E-state index contributed by atoms with van der Waals surface area (Å²) in [7, 11) is 1.37. The molecule has 0 radical (unpaired) electrons. The first-order valence-electron chi connectivity index (χ1n) is 5.15. The average molecular weight is 291 g/mol. The maximum absolute atomic E-state index is 13.1. The van der Waals surface area contributed by atoms with Crippen molar-refractivity contribution in [1.82, 2.24) is 0 Å². The first-order chi connectivity index (χ1) is 7.65. The molecule has 90 valence electrons. The molecule has 5 heteroatoms. The van der Waals surface area contributed by atoms with Crippen molar-refractivity contribution >= 4 is 27.3 Å². The number of nitrogens with zero attached hydrogens (tertiary/aromatic N) is 1. The summed E-state index contributed by atoms with van der Waals surface area (Å²) in [5, 5.41) is 3.73.